The Morgan fingerprint density at radius 1 is 1.33 bits per heavy atom. The smallest absolute Gasteiger partial charge is 0.306 e. The summed E-state index contributed by atoms with van der Waals surface area (Å²) in [6.45, 7) is 2.90. The van der Waals surface area contributed by atoms with Crippen molar-refractivity contribution in [3.8, 4) is 0 Å². The number of hydrogen-bond acceptors (Lipinski definition) is 3. The molecule has 0 spiro atoms. The van der Waals surface area contributed by atoms with E-state index in [0.29, 0.717) is 11.3 Å². The van der Waals surface area contributed by atoms with Gasteiger partial charge in [-0.3, -0.25) is 14.4 Å². The fraction of sp³-hybridized carbons (Fsp3) is 0.308. The molecule has 18 heavy (non-hydrogen) atoms. The Balaban J connectivity index is 2.67. The molecule has 1 rings (SSSR count). The number of amides is 1. The Hall–Kier alpha value is -2.17. The standard InChI is InChI=1S/C13H15NO4/c1-8(13(17)18)6-12(16)14-11-5-3-4-10(7-11)9(2)15/h3-5,7-8H,6H2,1-2H3,(H,14,16)(H,17,18). The molecule has 5 heteroatoms. The average Bonchev–Trinajstić information content (AvgIpc) is 2.28. The van der Waals surface area contributed by atoms with Crippen molar-refractivity contribution in [1.29, 1.82) is 0 Å². The molecule has 0 aliphatic carbocycles. The highest BCUT2D eigenvalue weighted by Gasteiger charge is 2.15. The largest absolute Gasteiger partial charge is 0.481 e. The van der Waals surface area contributed by atoms with Crippen LogP contribution < -0.4 is 5.32 Å². The van der Waals surface area contributed by atoms with Gasteiger partial charge in [-0.25, -0.2) is 0 Å². The Labute approximate surface area is 105 Å². The Kier molecular flexibility index (Phi) is 4.59. The number of carboxylic acid groups (broad SMARTS) is 1. The molecule has 1 aromatic rings. The highest BCUT2D eigenvalue weighted by Crippen LogP contribution is 2.12. The van der Waals surface area contributed by atoms with Gasteiger partial charge in [0.15, 0.2) is 5.78 Å². The molecule has 1 aromatic carbocycles. The van der Waals surface area contributed by atoms with Crippen molar-refractivity contribution in [2.24, 2.45) is 5.92 Å². The normalized spacial score (nSPS) is 11.7. The molecular weight excluding hydrogens is 234 g/mol. The first-order valence-corrected chi connectivity index (χ1v) is 5.54. The van der Waals surface area contributed by atoms with Gasteiger partial charge < -0.3 is 10.4 Å². The van der Waals surface area contributed by atoms with Crippen molar-refractivity contribution < 1.29 is 19.5 Å². The van der Waals surface area contributed by atoms with Gasteiger partial charge >= 0.3 is 5.97 Å². The fourth-order valence-corrected chi connectivity index (χ4v) is 1.39. The molecule has 5 nitrogen and oxygen atoms in total. The first-order chi connectivity index (χ1) is 8.40. The van der Waals surface area contributed by atoms with Gasteiger partial charge in [0.25, 0.3) is 0 Å². The van der Waals surface area contributed by atoms with Crippen molar-refractivity contribution >= 4 is 23.3 Å². The summed E-state index contributed by atoms with van der Waals surface area (Å²) in [5.74, 6) is -2.22. The quantitative estimate of drug-likeness (QED) is 0.781. The second-order valence-corrected chi connectivity index (χ2v) is 4.13. The zero-order valence-corrected chi connectivity index (χ0v) is 10.3. The summed E-state index contributed by atoms with van der Waals surface area (Å²) in [4.78, 5) is 33.3. The lowest BCUT2D eigenvalue weighted by atomic mass is 10.1. The highest BCUT2D eigenvalue weighted by molar-refractivity contribution is 5.97. The van der Waals surface area contributed by atoms with Crippen molar-refractivity contribution in [3.05, 3.63) is 29.8 Å². The Morgan fingerprint density at radius 2 is 2.00 bits per heavy atom. The molecule has 0 saturated carbocycles. The number of hydrogen-bond donors (Lipinski definition) is 2. The number of anilines is 1. The number of ketones is 1. The van der Waals surface area contributed by atoms with E-state index < -0.39 is 11.9 Å². The molecule has 0 aliphatic rings. The van der Waals surface area contributed by atoms with Crippen LogP contribution in [-0.2, 0) is 9.59 Å². The van der Waals surface area contributed by atoms with Crippen LogP contribution in [0.1, 0.15) is 30.6 Å². The zero-order chi connectivity index (χ0) is 13.7. The topological polar surface area (TPSA) is 83.5 Å². The number of aliphatic carboxylic acids is 1. The summed E-state index contributed by atoms with van der Waals surface area (Å²) in [7, 11) is 0. The molecule has 0 radical (unpaired) electrons. The van der Waals surface area contributed by atoms with E-state index in [2.05, 4.69) is 5.32 Å². The molecule has 1 unspecified atom stereocenters. The van der Waals surface area contributed by atoms with Gasteiger partial charge in [-0.15, -0.1) is 0 Å². The van der Waals surface area contributed by atoms with E-state index >= 15 is 0 Å². The fourth-order valence-electron chi connectivity index (χ4n) is 1.39. The summed E-state index contributed by atoms with van der Waals surface area (Å²) < 4.78 is 0. The Bertz CT molecular complexity index is 482. The van der Waals surface area contributed by atoms with Gasteiger partial charge in [-0.05, 0) is 19.1 Å². The van der Waals surface area contributed by atoms with Crippen molar-refractivity contribution in [2.45, 2.75) is 20.3 Å². The van der Waals surface area contributed by atoms with Crippen molar-refractivity contribution in [1.82, 2.24) is 0 Å². The average molecular weight is 249 g/mol. The van der Waals surface area contributed by atoms with Crippen LogP contribution in [0.2, 0.25) is 0 Å². The van der Waals surface area contributed by atoms with Crippen LogP contribution in [0.3, 0.4) is 0 Å². The summed E-state index contributed by atoms with van der Waals surface area (Å²) in [6, 6.07) is 6.52. The number of benzene rings is 1. The maximum absolute atomic E-state index is 11.5. The van der Waals surface area contributed by atoms with Crippen LogP contribution in [0.5, 0.6) is 0 Å². The molecule has 1 amide bonds. The minimum atomic E-state index is -1.01. The van der Waals surface area contributed by atoms with Gasteiger partial charge in [0, 0.05) is 17.7 Å². The van der Waals surface area contributed by atoms with Gasteiger partial charge in [-0.1, -0.05) is 19.1 Å². The maximum atomic E-state index is 11.5. The molecule has 0 heterocycles. The van der Waals surface area contributed by atoms with Crippen LogP contribution in [0.15, 0.2) is 24.3 Å². The van der Waals surface area contributed by atoms with E-state index in [1.165, 1.54) is 13.8 Å². The third kappa shape index (κ3) is 4.01. The minimum Gasteiger partial charge on any atom is -0.481 e. The van der Waals surface area contributed by atoms with E-state index in [4.69, 9.17) is 5.11 Å². The monoisotopic (exact) mass is 249 g/mol. The van der Waals surface area contributed by atoms with Crippen LogP contribution in [0.25, 0.3) is 0 Å². The van der Waals surface area contributed by atoms with Gasteiger partial charge in [0.2, 0.25) is 5.91 Å². The SMILES string of the molecule is CC(=O)c1cccc(NC(=O)CC(C)C(=O)O)c1. The van der Waals surface area contributed by atoms with Gasteiger partial charge in [0.1, 0.15) is 0 Å². The molecule has 96 valence electrons. The highest BCUT2D eigenvalue weighted by atomic mass is 16.4. The number of rotatable bonds is 5. The molecule has 1 atom stereocenters. The number of carbonyl (C=O) groups is 3. The van der Waals surface area contributed by atoms with E-state index in [0.717, 1.165) is 0 Å². The predicted molar refractivity (Wildman–Crippen MR) is 66.5 cm³/mol. The van der Waals surface area contributed by atoms with Crippen LogP contribution in [0.4, 0.5) is 5.69 Å². The minimum absolute atomic E-state index is 0.0926. The predicted octanol–water partition coefficient (Wildman–Crippen LogP) is 1.94. The van der Waals surface area contributed by atoms with Crippen LogP contribution in [0, 0.1) is 5.92 Å². The van der Waals surface area contributed by atoms with Crippen LogP contribution >= 0.6 is 0 Å². The first kappa shape index (κ1) is 13.9. The second-order valence-electron chi connectivity index (χ2n) is 4.13. The van der Waals surface area contributed by atoms with Gasteiger partial charge in [-0.2, -0.15) is 0 Å². The maximum Gasteiger partial charge on any atom is 0.306 e. The number of carbonyl (C=O) groups excluding carboxylic acids is 2. The first-order valence-electron chi connectivity index (χ1n) is 5.54. The molecule has 0 bridgehead atoms. The third-order valence-electron chi connectivity index (χ3n) is 2.47. The lowest BCUT2D eigenvalue weighted by molar-refractivity contribution is -0.142. The number of nitrogens with one attached hydrogen (secondary N) is 1. The second kappa shape index (κ2) is 5.95. The lowest BCUT2D eigenvalue weighted by Crippen LogP contribution is -2.20. The molecular formula is C13H15NO4. The summed E-state index contributed by atoms with van der Waals surface area (Å²) in [5.41, 5.74) is 0.990. The molecule has 0 aliphatic heterocycles. The number of Topliss-reactive ketones (excluding diaryl/α,β-unsaturated/α-hetero) is 1. The Morgan fingerprint density at radius 3 is 2.56 bits per heavy atom. The van der Waals surface area contributed by atoms with E-state index in [1.807, 2.05) is 0 Å². The van der Waals surface area contributed by atoms with Crippen LogP contribution in [-0.4, -0.2) is 22.8 Å². The van der Waals surface area contributed by atoms with Crippen molar-refractivity contribution in [2.75, 3.05) is 5.32 Å². The zero-order valence-electron chi connectivity index (χ0n) is 10.3. The van der Waals surface area contributed by atoms with Gasteiger partial charge in [0.05, 0.1) is 5.92 Å². The van der Waals surface area contributed by atoms with E-state index in [-0.39, 0.29) is 18.1 Å². The molecule has 0 aromatic heterocycles. The summed E-state index contributed by atoms with van der Waals surface area (Å²) in [6.07, 6.45) is -0.0976. The number of carboxylic acids is 1. The van der Waals surface area contributed by atoms with E-state index in [1.54, 1.807) is 24.3 Å². The van der Waals surface area contributed by atoms with Crippen molar-refractivity contribution in [3.63, 3.8) is 0 Å². The molecule has 0 fully saturated rings. The lowest BCUT2D eigenvalue weighted by Gasteiger charge is -2.08. The molecule has 0 saturated heterocycles. The molecule has 2 N–H and O–H groups in total. The third-order valence-corrected chi connectivity index (χ3v) is 2.47. The summed E-state index contributed by atoms with van der Waals surface area (Å²) >= 11 is 0. The van der Waals surface area contributed by atoms with E-state index in [9.17, 15) is 14.4 Å². The summed E-state index contributed by atoms with van der Waals surface area (Å²) in [5, 5.41) is 11.3.